The van der Waals surface area contributed by atoms with E-state index in [9.17, 15) is 13.2 Å². The van der Waals surface area contributed by atoms with Crippen molar-refractivity contribution in [2.45, 2.75) is 24.7 Å². The fourth-order valence-corrected chi connectivity index (χ4v) is 1.82. The minimum Gasteiger partial charge on any atom is -0.475 e. The van der Waals surface area contributed by atoms with E-state index in [1.165, 1.54) is 11.1 Å². The molecule has 0 heterocycles. The van der Waals surface area contributed by atoms with Gasteiger partial charge in [-0.2, -0.15) is 13.2 Å². The Morgan fingerprint density at radius 2 is 1.95 bits per heavy atom. The Morgan fingerprint density at radius 3 is 2.37 bits per heavy atom. The zero-order chi connectivity index (χ0) is 14.6. The first kappa shape index (κ1) is 15.5. The zero-order valence-electron chi connectivity index (χ0n) is 10.1. The van der Waals surface area contributed by atoms with Crippen LogP contribution in [0.1, 0.15) is 17.2 Å². The van der Waals surface area contributed by atoms with Crippen molar-refractivity contribution < 1.29 is 27.8 Å². The predicted octanol–water partition coefficient (Wildman–Crippen LogP) is 1.89. The van der Waals surface area contributed by atoms with Crippen LogP contribution in [0.25, 0.3) is 0 Å². The number of carboxylic acids is 1. The van der Waals surface area contributed by atoms with Crippen LogP contribution in [0.5, 0.6) is 0 Å². The van der Waals surface area contributed by atoms with E-state index in [1.807, 2.05) is 12.1 Å². The Kier molecular flexibility index (Phi) is 4.90. The molecule has 4 nitrogen and oxygen atoms in total. The molecule has 1 aromatic carbocycles. The van der Waals surface area contributed by atoms with Gasteiger partial charge < -0.3 is 15.6 Å². The number of benzene rings is 1. The number of ether oxygens (including phenoxy) is 1. The van der Waals surface area contributed by atoms with Gasteiger partial charge in [0.25, 0.3) is 0 Å². The summed E-state index contributed by atoms with van der Waals surface area (Å²) < 4.78 is 37.0. The van der Waals surface area contributed by atoms with Crippen LogP contribution in [-0.4, -0.2) is 30.5 Å². The van der Waals surface area contributed by atoms with Crippen molar-refractivity contribution >= 4 is 5.97 Å². The van der Waals surface area contributed by atoms with E-state index in [2.05, 4.69) is 12.1 Å². The van der Waals surface area contributed by atoms with Gasteiger partial charge in [-0.1, -0.05) is 24.3 Å². The number of alkyl halides is 3. The highest BCUT2D eigenvalue weighted by atomic mass is 19.4. The molecule has 0 aliphatic heterocycles. The van der Waals surface area contributed by atoms with Crippen molar-refractivity contribution in [1.29, 1.82) is 0 Å². The molecule has 106 valence electrons. The van der Waals surface area contributed by atoms with Crippen LogP contribution in [0.15, 0.2) is 24.3 Å². The Labute approximate surface area is 108 Å². The van der Waals surface area contributed by atoms with Gasteiger partial charge in [0, 0.05) is 13.5 Å². The lowest BCUT2D eigenvalue weighted by Gasteiger charge is -2.13. The van der Waals surface area contributed by atoms with Gasteiger partial charge in [0.15, 0.2) is 0 Å². The predicted molar refractivity (Wildman–Crippen MR) is 61.6 cm³/mol. The van der Waals surface area contributed by atoms with E-state index < -0.39 is 12.1 Å². The molecule has 2 rings (SSSR count). The molecule has 0 bridgehead atoms. The van der Waals surface area contributed by atoms with Crippen molar-refractivity contribution in [3.63, 3.8) is 0 Å². The van der Waals surface area contributed by atoms with Crippen molar-refractivity contribution in [3.05, 3.63) is 35.4 Å². The Bertz CT molecular complexity index is 448. The fourth-order valence-electron chi connectivity index (χ4n) is 1.82. The van der Waals surface area contributed by atoms with Crippen molar-refractivity contribution in [1.82, 2.24) is 0 Å². The summed E-state index contributed by atoms with van der Waals surface area (Å²) in [7, 11) is 1.72. The second-order valence-electron chi connectivity index (χ2n) is 4.01. The molecule has 19 heavy (non-hydrogen) atoms. The molecule has 0 saturated carbocycles. The molecule has 0 spiro atoms. The van der Waals surface area contributed by atoms with E-state index in [1.54, 1.807) is 7.11 Å². The fraction of sp³-hybridized carbons (Fsp3) is 0.417. The maximum absolute atomic E-state index is 10.6. The van der Waals surface area contributed by atoms with Gasteiger partial charge in [-0.3, -0.25) is 0 Å². The molecule has 0 amide bonds. The van der Waals surface area contributed by atoms with Gasteiger partial charge in [0.1, 0.15) is 0 Å². The highest BCUT2D eigenvalue weighted by Crippen LogP contribution is 2.30. The van der Waals surface area contributed by atoms with E-state index >= 15 is 0 Å². The lowest BCUT2D eigenvalue weighted by atomic mass is 10.1. The second-order valence-corrected chi connectivity index (χ2v) is 4.01. The van der Waals surface area contributed by atoms with Gasteiger partial charge in [0.2, 0.25) is 0 Å². The maximum atomic E-state index is 10.6. The van der Waals surface area contributed by atoms with Gasteiger partial charge in [-0.05, 0) is 11.1 Å². The largest absolute Gasteiger partial charge is 0.490 e. The molecular weight excluding hydrogens is 263 g/mol. The number of methoxy groups -OCH3 is 1. The minimum atomic E-state index is -5.08. The molecule has 7 heteroatoms. The van der Waals surface area contributed by atoms with Crippen molar-refractivity contribution in [2.75, 3.05) is 7.11 Å². The normalized spacial score (nSPS) is 21.3. The average Bonchev–Trinajstić information content (AvgIpc) is 2.66. The lowest BCUT2D eigenvalue weighted by molar-refractivity contribution is -0.192. The van der Waals surface area contributed by atoms with Crippen molar-refractivity contribution in [3.8, 4) is 0 Å². The number of hydrogen-bond donors (Lipinski definition) is 2. The molecule has 0 aromatic heterocycles. The number of halogens is 3. The summed E-state index contributed by atoms with van der Waals surface area (Å²) in [5, 5.41) is 7.12. The van der Waals surface area contributed by atoms with E-state index in [0.29, 0.717) is 0 Å². The molecule has 2 atom stereocenters. The van der Waals surface area contributed by atoms with Gasteiger partial charge in [0.05, 0.1) is 12.1 Å². The first-order valence-corrected chi connectivity index (χ1v) is 5.43. The van der Waals surface area contributed by atoms with Crippen molar-refractivity contribution in [2.24, 2.45) is 5.73 Å². The highest BCUT2D eigenvalue weighted by molar-refractivity contribution is 5.73. The number of hydrogen-bond acceptors (Lipinski definition) is 3. The molecular formula is C12H14F3NO3. The van der Waals surface area contributed by atoms with Crippen LogP contribution >= 0.6 is 0 Å². The third kappa shape index (κ3) is 3.93. The molecule has 1 aliphatic carbocycles. The zero-order valence-corrected chi connectivity index (χ0v) is 10.1. The first-order valence-electron chi connectivity index (χ1n) is 5.43. The third-order valence-electron chi connectivity index (χ3n) is 2.78. The summed E-state index contributed by atoms with van der Waals surface area (Å²) in [5.41, 5.74) is 8.55. The summed E-state index contributed by atoms with van der Waals surface area (Å²) >= 11 is 0. The summed E-state index contributed by atoms with van der Waals surface area (Å²) in [4.78, 5) is 8.90. The molecule has 0 unspecified atom stereocenters. The van der Waals surface area contributed by atoms with E-state index in [0.717, 1.165) is 6.42 Å². The summed E-state index contributed by atoms with van der Waals surface area (Å²) in [6.45, 7) is 0. The number of carboxylic acid groups (broad SMARTS) is 1. The number of carbonyl (C=O) groups is 1. The molecule has 0 radical (unpaired) electrons. The van der Waals surface area contributed by atoms with Gasteiger partial charge in [-0.25, -0.2) is 4.79 Å². The van der Waals surface area contributed by atoms with Gasteiger partial charge in [-0.15, -0.1) is 0 Å². The average molecular weight is 277 g/mol. The quantitative estimate of drug-likeness (QED) is 0.822. The van der Waals surface area contributed by atoms with E-state index in [-0.39, 0.29) is 12.1 Å². The smallest absolute Gasteiger partial charge is 0.475 e. The number of aliphatic carboxylic acids is 1. The second kappa shape index (κ2) is 6.03. The van der Waals surface area contributed by atoms with Crippen LogP contribution in [0, 0.1) is 0 Å². The van der Waals surface area contributed by atoms with Crippen LogP contribution in [-0.2, 0) is 16.0 Å². The first-order chi connectivity index (χ1) is 8.77. The standard InChI is InChI=1S/C10H13NO.C2HF3O2/c1-12-9-6-7-4-2-3-5-8(7)10(9)11;3-2(4,5)1(6)7/h2-5,9-10H,6,11H2,1H3;(H,6,7)/t9-,10-;/m1./s1. The highest BCUT2D eigenvalue weighted by Gasteiger charge is 2.38. The summed E-state index contributed by atoms with van der Waals surface area (Å²) in [5.74, 6) is -2.76. The minimum absolute atomic E-state index is 0.0613. The van der Waals surface area contributed by atoms with Crippen LogP contribution in [0.2, 0.25) is 0 Å². The number of nitrogens with two attached hydrogens (primary N) is 1. The lowest BCUT2D eigenvalue weighted by Crippen LogP contribution is -2.23. The molecule has 3 N–H and O–H groups in total. The third-order valence-corrected chi connectivity index (χ3v) is 2.78. The Balaban J connectivity index is 0.000000224. The van der Waals surface area contributed by atoms with Crippen LogP contribution in [0.4, 0.5) is 13.2 Å². The van der Waals surface area contributed by atoms with Gasteiger partial charge >= 0.3 is 12.1 Å². The molecule has 0 fully saturated rings. The monoisotopic (exact) mass is 277 g/mol. The topological polar surface area (TPSA) is 72.5 Å². The maximum Gasteiger partial charge on any atom is 0.490 e. The van der Waals surface area contributed by atoms with Crippen LogP contribution < -0.4 is 5.73 Å². The molecule has 0 saturated heterocycles. The Morgan fingerprint density at radius 1 is 1.42 bits per heavy atom. The summed E-state index contributed by atoms with van der Waals surface area (Å²) in [6.07, 6.45) is -3.96. The SMILES string of the molecule is CO[C@@H]1Cc2ccccc2[C@H]1N.O=C(O)C(F)(F)F. The Hall–Kier alpha value is -1.60. The molecule has 1 aliphatic rings. The summed E-state index contributed by atoms with van der Waals surface area (Å²) in [6, 6.07) is 8.33. The van der Waals surface area contributed by atoms with Crippen LogP contribution in [0.3, 0.4) is 0 Å². The number of fused-ring (bicyclic) bond motifs is 1. The van der Waals surface area contributed by atoms with E-state index in [4.69, 9.17) is 20.4 Å². The number of rotatable bonds is 1. The molecule has 1 aromatic rings.